The second-order valence-corrected chi connectivity index (χ2v) is 4.23. The minimum atomic E-state index is -0.439. The molecule has 0 bridgehead atoms. The fourth-order valence-corrected chi connectivity index (χ4v) is 1.75. The maximum atomic E-state index is 13.7. The highest BCUT2D eigenvalue weighted by Gasteiger charge is 2.17. The van der Waals surface area contributed by atoms with Crippen LogP contribution in [0.5, 0.6) is 0 Å². The zero-order chi connectivity index (χ0) is 12.3. The van der Waals surface area contributed by atoms with Crippen LogP contribution in [0, 0.1) is 19.7 Å². The Morgan fingerprint density at radius 2 is 2.06 bits per heavy atom. The molecule has 1 aromatic rings. The van der Waals surface area contributed by atoms with Gasteiger partial charge in [-0.1, -0.05) is 13.0 Å². The smallest absolute Gasteiger partial charge is 0.167 e. The van der Waals surface area contributed by atoms with Gasteiger partial charge in [0, 0.05) is 12.5 Å². The van der Waals surface area contributed by atoms with Gasteiger partial charge in [0.25, 0.3) is 0 Å². The van der Waals surface area contributed by atoms with Gasteiger partial charge in [0.15, 0.2) is 5.78 Å². The largest absolute Gasteiger partial charge is 0.327 e. The van der Waals surface area contributed by atoms with Crippen LogP contribution in [0.4, 0.5) is 4.39 Å². The Kier molecular flexibility index (Phi) is 4.19. The van der Waals surface area contributed by atoms with Crippen molar-refractivity contribution in [2.45, 2.75) is 39.7 Å². The van der Waals surface area contributed by atoms with Gasteiger partial charge in [-0.15, -0.1) is 0 Å². The van der Waals surface area contributed by atoms with Crippen molar-refractivity contribution >= 4 is 5.78 Å². The number of rotatable bonds is 4. The maximum Gasteiger partial charge on any atom is 0.167 e. The summed E-state index contributed by atoms with van der Waals surface area (Å²) in [5.41, 5.74) is 7.40. The van der Waals surface area contributed by atoms with E-state index in [1.807, 2.05) is 19.9 Å². The lowest BCUT2D eigenvalue weighted by Crippen LogP contribution is -2.23. The van der Waals surface area contributed by atoms with Crippen LogP contribution < -0.4 is 5.73 Å². The van der Waals surface area contributed by atoms with Crippen molar-refractivity contribution in [2.75, 3.05) is 0 Å². The van der Waals surface area contributed by atoms with Crippen molar-refractivity contribution in [3.8, 4) is 0 Å². The van der Waals surface area contributed by atoms with E-state index in [9.17, 15) is 9.18 Å². The van der Waals surface area contributed by atoms with Crippen molar-refractivity contribution < 1.29 is 9.18 Å². The van der Waals surface area contributed by atoms with Crippen molar-refractivity contribution in [3.05, 3.63) is 34.6 Å². The number of hydrogen-bond donors (Lipinski definition) is 1. The first-order valence-corrected chi connectivity index (χ1v) is 5.51. The average Bonchev–Trinajstić information content (AvgIpc) is 2.15. The van der Waals surface area contributed by atoms with Crippen molar-refractivity contribution in [1.82, 2.24) is 0 Å². The number of carbonyl (C=O) groups excluding carboxylic acids is 1. The Balaban J connectivity index is 3.00. The number of aryl methyl sites for hydroxylation is 2. The van der Waals surface area contributed by atoms with Gasteiger partial charge in [0.1, 0.15) is 5.82 Å². The third-order valence-corrected chi connectivity index (χ3v) is 2.68. The molecule has 0 radical (unpaired) electrons. The van der Waals surface area contributed by atoms with Gasteiger partial charge in [0.2, 0.25) is 0 Å². The molecule has 3 heteroatoms. The van der Waals surface area contributed by atoms with Crippen LogP contribution in [0.15, 0.2) is 12.1 Å². The molecule has 0 spiro atoms. The summed E-state index contributed by atoms with van der Waals surface area (Å²) in [6, 6.07) is 3.01. The van der Waals surface area contributed by atoms with Crippen LogP contribution in [0.2, 0.25) is 0 Å². The molecule has 1 unspecified atom stereocenters. The highest BCUT2D eigenvalue weighted by Crippen LogP contribution is 2.18. The molecule has 0 amide bonds. The van der Waals surface area contributed by atoms with E-state index in [0.29, 0.717) is 5.56 Å². The number of benzene rings is 1. The van der Waals surface area contributed by atoms with Crippen LogP contribution in [-0.4, -0.2) is 11.8 Å². The molecule has 0 saturated heterocycles. The average molecular weight is 223 g/mol. The molecular formula is C13H18FNO. The molecule has 16 heavy (non-hydrogen) atoms. The summed E-state index contributed by atoms with van der Waals surface area (Å²) in [5, 5.41) is 0. The molecule has 88 valence electrons. The van der Waals surface area contributed by atoms with E-state index in [0.717, 1.165) is 12.0 Å². The highest BCUT2D eigenvalue weighted by atomic mass is 19.1. The lowest BCUT2D eigenvalue weighted by Gasteiger charge is -2.11. The van der Waals surface area contributed by atoms with Gasteiger partial charge in [0.05, 0.1) is 5.56 Å². The second kappa shape index (κ2) is 5.21. The summed E-state index contributed by atoms with van der Waals surface area (Å²) in [6.45, 7) is 5.47. The fourth-order valence-electron chi connectivity index (χ4n) is 1.75. The molecule has 0 aliphatic carbocycles. The predicted octanol–water partition coefficient (Wildman–Crippen LogP) is 2.75. The monoisotopic (exact) mass is 223 g/mol. The summed E-state index contributed by atoms with van der Waals surface area (Å²) < 4.78 is 13.7. The third-order valence-electron chi connectivity index (χ3n) is 2.68. The van der Waals surface area contributed by atoms with Crippen LogP contribution in [0.1, 0.15) is 41.3 Å². The van der Waals surface area contributed by atoms with Crippen molar-refractivity contribution in [2.24, 2.45) is 5.73 Å². The minimum absolute atomic E-state index is 0.187. The lowest BCUT2D eigenvalue weighted by molar-refractivity contribution is 0.0969. The first-order valence-electron chi connectivity index (χ1n) is 5.51. The van der Waals surface area contributed by atoms with E-state index in [1.54, 1.807) is 6.92 Å². The first kappa shape index (κ1) is 12.8. The van der Waals surface area contributed by atoms with Gasteiger partial charge in [-0.2, -0.15) is 0 Å². The fraction of sp³-hybridized carbons (Fsp3) is 0.462. The quantitative estimate of drug-likeness (QED) is 0.797. The third kappa shape index (κ3) is 2.89. The van der Waals surface area contributed by atoms with Crippen LogP contribution in [0.25, 0.3) is 0 Å². The lowest BCUT2D eigenvalue weighted by atomic mass is 9.97. The zero-order valence-electron chi connectivity index (χ0n) is 10.0. The molecule has 1 atom stereocenters. The Morgan fingerprint density at radius 3 is 2.56 bits per heavy atom. The number of ketones is 1. The molecule has 0 saturated carbocycles. The molecule has 0 fully saturated rings. The number of halogens is 1. The standard InChI is InChI=1S/C13H18FNO/c1-4-10(15)7-12(16)13-9(3)5-8(2)6-11(13)14/h5-6,10H,4,7,15H2,1-3H3. The molecule has 2 N–H and O–H groups in total. The number of Topliss-reactive ketones (excluding diaryl/α,β-unsaturated/α-hetero) is 1. The van der Waals surface area contributed by atoms with Crippen molar-refractivity contribution in [3.63, 3.8) is 0 Å². The number of carbonyl (C=O) groups is 1. The van der Waals surface area contributed by atoms with Crippen molar-refractivity contribution in [1.29, 1.82) is 0 Å². The molecule has 0 aliphatic rings. The van der Waals surface area contributed by atoms with Crippen LogP contribution in [-0.2, 0) is 0 Å². The summed E-state index contributed by atoms with van der Waals surface area (Å²) in [4.78, 5) is 11.8. The molecule has 2 nitrogen and oxygen atoms in total. The van der Waals surface area contributed by atoms with E-state index in [4.69, 9.17) is 5.73 Å². The van der Waals surface area contributed by atoms with E-state index >= 15 is 0 Å². The maximum absolute atomic E-state index is 13.7. The Hall–Kier alpha value is -1.22. The summed E-state index contributed by atoms with van der Waals surface area (Å²) in [5.74, 6) is -0.643. The van der Waals surface area contributed by atoms with E-state index in [-0.39, 0.29) is 23.8 Å². The number of hydrogen-bond acceptors (Lipinski definition) is 2. The predicted molar refractivity (Wildman–Crippen MR) is 63.1 cm³/mol. The van der Waals surface area contributed by atoms with E-state index in [2.05, 4.69) is 0 Å². The normalized spacial score (nSPS) is 12.6. The van der Waals surface area contributed by atoms with Gasteiger partial charge in [-0.05, 0) is 37.5 Å². The number of nitrogens with two attached hydrogens (primary N) is 1. The van der Waals surface area contributed by atoms with Crippen LogP contribution in [0.3, 0.4) is 0 Å². The minimum Gasteiger partial charge on any atom is -0.327 e. The summed E-state index contributed by atoms with van der Waals surface area (Å²) in [7, 11) is 0. The van der Waals surface area contributed by atoms with Gasteiger partial charge >= 0.3 is 0 Å². The van der Waals surface area contributed by atoms with E-state index in [1.165, 1.54) is 6.07 Å². The molecule has 0 aromatic heterocycles. The molecule has 1 aromatic carbocycles. The molecule has 0 heterocycles. The SMILES string of the molecule is CCC(N)CC(=O)c1c(C)cc(C)cc1F. The van der Waals surface area contributed by atoms with Crippen LogP contribution >= 0.6 is 0 Å². The van der Waals surface area contributed by atoms with Gasteiger partial charge in [-0.25, -0.2) is 4.39 Å². The molecule has 1 rings (SSSR count). The topological polar surface area (TPSA) is 43.1 Å². The Morgan fingerprint density at radius 1 is 1.44 bits per heavy atom. The first-order chi connectivity index (χ1) is 7.45. The zero-order valence-corrected chi connectivity index (χ0v) is 10.0. The Bertz CT molecular complexity index is 378. The summed E-state index contributed by atoms with van der Waals surface area (Å²) in [6.07, 6.45) is 0.926. The van der Waals surface area contributed by atoms with Gasteiger partial charge < -0.3 is 5.73 Å². The van der Waals surface area contributed by atoms with E-state index < -0.39 is 5.82 Å². The summed E-state index contributed by atoms with van der Waals surface area (Å²) >= 11 is 0. The second-order valence-electron chi connectivity index (χ2n) is 4.23. The van der Waals surface area contributed by atoms with Gasteiger partial charge in [-0.3, -0.25) is 4.79 Å². The Labute approximate surface area is 95.7 Å². The highest BCUT2D eigenvalue weighted by molar-refractivity contribution is 5.98. The molecule has 0 aliphatic heterocycles. The molecular weight excluding hydrogens is 205 g/mol.